The highest BCUT2D eigenvalue weighted by atomic mass is 35.5. The maximum absolute atomic E-state index is 13.0. The molecule has 128 valence electrons. The smallest absolute Gasteiger partial charge is 0.226 e. The summed E-state index contributed by atoms with van der Waals surface area (Å²) in [4.78, 5) is 2.32. The van der Waals surface area contributed by atoms with E-state index in [1.807, 2.05) is 18.2 Å². The minimum absolute atomic E-state index is 0.0200. The first-order chi connectivity index (χ1) is 12.1. The van der Waals surface area contributed by atoms with Crippen LogP contribution < -0.4 is 4.90 Å². The summed E-state index contributed by atoms with van der Waals surface area (Å²) < 4.78 is 26.1. The number of rotatable bonds is 3. The molecule has 1 saturated heterocycles. The third-order valence-corrected chi connectivity index (χ3v) is 6.37. The van der Waals surface area contributed by atoms with Crippen molar-refractivity contribution in [3.05, 3.63) is 53.6 Å². The molecular weight excluding hydrogens is 358 g/mol. The molecule has 0 spiro atoms. The second kappa shape index (κ2) is 6.28. The van der Waals surface area contributed by atoms with Crippen LogP contribution in [0.5, 0.6) is 0 Å². The Morgan fingerprint density at radius 3 is 2.20 bits per heavy atom. The van der Waals surface area contributed by atoms with Crippen LogP contribution in [0.2, 0.25) is 5.02 Å². The molecule has 1 aliphatic rings. The Hall–Kier alpha value is -2.18. The zero-order valence-electron chi connectivity index (χ0n) is 13.4. The van der Waals surface area contributed by atoms with Gasteiger partial charge in [0.2, 0.25) is 9.84 Å². The maximum atomic E-state index is 13.0. The molecule has 7 heteroatoms. The monoisotopic (exact) mass is 373 g/mol. The van der Waals surface area contributed by atoms with Crippen molar-refractivity contribution in [1.29, 1.82) is 0 Å². The van der Waals surface area contributed by atoms with Gasteiger partial charge in [0.15, 0.2) is 10.8 Å². The van der Waals surface area contributed by atoms with Crippen molar-refractivity contribution in [3.8, 4) is 0 Å². The van der Waals surface area contributed by atoms with Crippen LogP contribution in [0.3, 0.4) is 0 Å². The van der Waals surface area contributed by atoms with Gasteiger partial charge in [-0.2, -0.15) is 0 Å². The lowest BCUT2D eigenvalue weighted by Crippen LogP contribution is -2.20. The minimum atomic E-state index is -3.77. The highest BCUT2D eigenvalue weighted by molar-refractivity contribution is 7.91. The van der Waals surface area contributed by atoms with E-state index < -0.39 is 9.84 Å². The van der Waals surface area contributed by atoms with Crippen molar-refractivity contribution in [2.75, 3.05) is 18.0 Å². The Labute approximate surface area is 151 Å². The second-order valence-corrected chi connectivity index (χ2v) is 8.33. The highest BCUT2D eigenvalue weighted by Crippen LogP contribution is 2.32. The van der Waals surface area contributed by atoms with Crippen LogP contribution in [-0.2, 0) is 9.84 Å². The van der Waals surface area contributed by atoms with Crippen LogP contribution in [0.25, 0.3) is 10.8 Å². The van der Waals surface area contributed by atoms with Gasteiger partial charge in [-0.05, 0) is 37.1 Å². The largest absolute Gasteiger partial charge is 0.355 e. The van der Waals surface area contributed by atoms with E-state index in [0.717, 1.165) is 37.1 Å². The van der Waals surface area contributed by atoms with Gasteiger partial charge in [0, 0.05) is 28.9 Å². The van der Waals surface area contributed by atoms with Crippen LogP contribution in [0, 0.1) is 0 Å². The number of benzene rings is 2. The molecule has 0 N–H and O–H groups in total. The van der Waals surface area contributed by atoms with E-state index in [9.17, 15) is 8.42 Å². The Balaban J connectivity index is 1.91. The van der Waals surface area contributed by atoms with Gasteiger partial charge >= 0.3 is 0 Å². The summed E-state index contributed by atoms with van der Waals surface area (Å²) in [6.07, 6.45) is 2.22. The minimum Gasteiger partial charge on any atom is -0.355 e. The standard InChI is InChI=1S/C18H16ClN3O2S/c19-13-7-9-14(10-8-13)25(23,24)18-16-6-2-1-5-15(16)17(20-21-18)22-11-3-4-12-22/h1-2,5-10H,3-4,11-12H2. The van der Waals surface area contributed by atoms with Gasteiger partial charge in [0.05, 0.1) is 4.90 Å². The molecule has 0 bridgehead atoms. The Kier molecular flexibility index (Phi) is 4.09. The van der Waals surface area contributed by atoms with E-state index >= 15 is 0 Å². The molecule has 0 saturated carbocycles. The molecule has 3 aromatic rings. The van der Waals surface area contributed by atoms with Crippen LogP contribution in [0.1, 0.15) is 12.8 Å². The Morgan fingerprint density at radius 1 is 0.880 bits per heavy atom. The summed E-state index contributed by atoms with van der Waals surface area (Å²) in [6.45, 7) is 1.84. The Bertz CT molecular complexity index is 1030. The summed E-state index contributed by atoms with van der Waals surface area (Å²) in [5.74, 6) is 0.753. The summed E-state index contributed by atoms with van der Waals surface area (Å²) in [7, 11) is -3.77. The fraction of sp³-hybridized carbons (Fsp3) is 0.222. The van der Waals surface area contributed by atoms with E-state index in [1.165, 1.54) is 12.1 Å². The van der Waals surface area contributed by atoms with E-state index in [0.29, 0.717) is 10.4 Å². The van der Waals surface area contributed by atoms with Gasteiger partial charge in [-0.3, -0.25) is 0 Å². The molecule has 0 aliphatic carbocycles. The predicted molar refractivity (Wildman–Crippen MR) is 97.9 cm³/mol. The average Bonchev–Trinajstić information content (AvgIpc) is 3.15. The summed E-state index contributed by atoms with van der Waals surface area (Å²) >= 11 is 5.87. The number of nitrogens with zero attached hydrogens (tertiary/aromatic N) is 3. The molecule has 1 fully saturated rings. The molecule has 0 atom stereocenters. The molecular formula is C18H16ClN3O2S. The van der Waals surface area contributed by atoms with Crippen LogP contribution in [0.15, 0.2) is 58.5 Å². The molecule has 1 aliphatic heterocycles. The summed E-state index contributed by atoms with van der Waals surface area (Å²) in [5.41, 5.74) is 0. The van der Waals surface area contributed by atoms with Gasteiger partial charge in [0.25, 0.3) is 0 Å². The lowest BCUT2D eigenvalue weighted by atomic mass is 10.2. The van der Waals surface area contributed by atoms with E-state index in [2.05, 4.69) is 15.1 Å². The van der Waals surface area contributed by atoms with Crippen molar-refractivity contribution in [3.63, 3.8) is 0 Å². The van der Waals surface area contributed by atoms with Crippen molar-refractivity contribution >= 4 is 38.0 Å². The molecule has 0 radical (unpaired) electrons. The van der Waals surface area contributed by atoms with E-state index in [4.69, 9.17) is 11.6 Å². The van der Waals surface area contributed by atoms with Gasteiger partial charge in [-0.1, -0.05) is 35.9 Å². The fourth-order valence-corrected chi connectivity index (χ4v) is 4.61. The van der Waals surface area contributed by atoms with Gasteiger partial charge in [0.1, 0.15) is 0 Å². The van der Waals surface area contributed by atoms with E-state index in [1.54, 1.807) is 18.2 Å². The SMILES string of the molecule is O=S(=O)(c1ccc(Cl)cc1)c1nnc(N2CCCC2)c2ccccc12. The summed E-state index contributed by atoms with van der Waals surface area (Å²) in [5, 5.41) is 10.2. The first kappa shape index (κ1) is 16.3. The summed E-state index contributed by atoms with van der Waals surface area (Å²) in [6, 6.07) is 13.5. The average molecular weight is 374 g/mol. The van der Waals surface area contributed by atoms with Gasteiger partial charge in [-0.15, -0.1) is 10.2 Å². The number of halogens is 1. The number of hydrogen-bond donors (Lipinski definition) is 0. The molecule has 2 heterocycles. The zero-order valence-corrected chi connectivity index (χ0v) is 15.0. The predicted octanol–water partition coefficient (Wildman–Crippen LogP) is 3.72. The molecule has 25 heavy (non-hydrogen) atoms. The third-order valence-electron chi connectivity index (χ3n) is 4.42. The topological polar surface area (TPSA) is 63.2 Å². The lowest BCUT2D eigenvalue weighted by Gasteiger charge is -2.18. The fourth-order valence-electron chi connectivity index (χ4n) is 3.15. The third kappa shape index (κ3) is 2.85. The van der Waals surface area contributed by atoms with Gasteiger partial charge < -0.3 is 4.90 Å². The van der Waals surface area contributed by atoms with Gasteiger partial charge in [-0.25, -0.2) is 8.42 Å². The molecule has 2 aromatic carbocycles. The van der Waals surface area contributed by atoms with Crippen molar-refractivity contribution in [2.45, 2.75) is 22.8 Å². The first-order valence-corrected chi connectivity index (χ1v) is 9.94. The maximum Gasteiger partial charge on any atom is 0.226 e. The first-order valence-electron chi connectivity index (χ1n) is 8.08. The number of sulfone groups is 1. The van der Waals surface area contributed by atoms with Crippen molar-refractivity contribution in [1.82, 2.24) is 10.2 Å². The quantitative estimate of drug-likeness (QED) is 0.700. The van der Waals surface area contributed by atoms with Crippen LogP contribution in [0.4, 0.5) is 5.82 Å². The molecule has 0 unspecified atom stereocenters. The lowest BCUT2D eigenvalue weighted by molar-refractivity contribution is 0.591. The van der Waals surface area contributed by atoms with Crippen LogP contribution in [-0.4, -0.2) is 31.7 Å². The Morgan fingerprint density at radius 2 is 1.52 bits per heavy atom. The van der Waals surface area contributed by atoms with Crippen LogP contribution >= 0.6 is 11.6 Å². The number of aromatic nitrogens is 2. The second-order valence-electron chi connectivity index (χ2n) is 6.03. The normalized spacial score (nSPS) is 15.0. The highest BCUT2D eigenvalue weighted by Gasteiger charge is 2.26. The number of hydrogen-bond acceptors (Lipinski definition) is 5. The zero-order chi connectivity index (χ0) is 17.4. The molecule has 4 rings (SSSR count). The molecule has 0 amide bonds. The molecule has 1 aromatic heterocycles. The number of anilines is 1. The van der Waals surface area contributed by atoms with Crippen molar-refractivity contribution in [2.24, 2.45) is 0 Å². The number of fused-ring (bicyclic) bond motifs is 1. The van der Waals surface area contributed by atoms with E-state index in [-0.39, 0.29) is 9.92 Å². The van der Waals surface area contributed by atoms with Crippen molar-refractivity contribution < 1.29 is 8.42 Å². The molecule has 5 nitrogen and oxygen atoms in total.